The molecule has 0 spiro atoms. The van der Waals surface area contributed by atoms with Gasteiger partial charge in [-0.3, -0.25) is 9.59 Å². The van der Waals surface area contributed by atoms with Gasteiger partial charge in [-0.15, -0.1) is 11.8 Å². The fourth-order valence-corrected chi connectivity index (χ4v) is 5.72. The maximum absolute atomic E-state index is 13.8. The Labute approximate surface area is 233 Å². The average molecular weight is 556 g/mol. The molecule has 7 heteroatoms. The summed E-state index contributed by atoms with van der Waals surface area (Å²) in [6, 6.07) is 22.8. The number of aryl methyl sites for hydroxylation is 1. The van der Waals surface area contributed by atoms with Gasteiger partial charge in [0.2, 0.25) is 11.8 Å². The van der Waals surface area contributed by atoms with E-state index in [9.17, 15) is 9.59 Å². The number of thioether (sulfide) groups is 1. The lowest BCUT2D eigenvalue weighted by Gasteiger charge is -2.32. The summed E-state index contributed by atoms with van der Waals surface area (Å²) in [6.07, 6.45) is 4.63. The standard InChI is InChI=1S/C30H32Cl2N2O2S/c1-21-11-14-25(15-12-21)37-20-29(35)34(19-23-13-16-26(31)27(32)17-23)28(18-22-7-3-2-4-8-22)30(36)33-24-9-5-6-10-24/h2-4,7-8,11-17,24,28H,5-6,9-10,18-20H2,1H3,(H,33,36)/t28-/m0/s1. The molecule has 1 saturated carbocycles. The third kappa shape index (κ3) is 8.00. The summed E-state index contributed by atoms with van der Waals surface area (Å²) in [7, 11) is 0. The van der Waals surface area contributed by atoms with E-state index in [0.717, 1.165) is 41.7 Å². The maximum Gasteiger partial charge on any atom is 0.243 e. The molecule has 3 aromatic rings. The number of hydrogen-bond acceptors (Lipinski definition) is 3. The predicted molar refractivity (Wildman–Crippen MR) is 153 cm³/mol. The van der Waals surface area contributed by atoms with Gasteiger partial charge < -0.3 is 10.2 Å². The fourth-order valence-electron chi connectivity index (χ4n) is 4.62. The summed E-state index contributed by atoms with van der Waals surface area (Å²) in [5, 5.41) is 4.12. The SMILES string of the molecule is Cc1ccc(SCC(=O)N(Cc2ccc(Cl)c(Cl)c2)[C@@H](Cc2ccccc2)C(=O)NC2CCCC2)cc1. The molecule has 37 heavy (non-hydrogen) atoms. The van der Waals surface area contributed by atoms with Crippen LogP contribution < -0.4 is 5.32 Å². The van der Waals surface area contributed by atoms with Crippen molar-refractivity contribution in [3.05, 3.63) is 99.5 Å². The van der Waals surface area contributed by atoms with Crippen LogP contribution in [0.1, 0.15) is 42.4 Å². The molecule has 4 nitrogen and oxygen atoms in total. The van der Waals surface area contributed by atoms with Crippen LogP contribution in [0.25, 0.3) is 0 Å². The summed E-state index contributed by atoms with van der Waals surface area (Å²) in [5.74, 6) is 0.0236. The van der Waals surface area contributed by atoms with Crippen LogP contribution in [-0.4, -0.2) is 34.6 Å². The topological polar surface area (TPSA) is 49.4 Å². The minimum Gasteiger partial charge on any atom is -0.352 e. The average Bonchev–Trinajstić information content (AvgIpc) is 3.41. The number of carbonyl (C=O) groups is 2. The van der Waals surface area contributed by atoms with Gasteiger partial charge in [-0.25, -0.2) is 0 Å². The molecule has 1 aliphatic rings. The predicted octanol–water partition coefficient (Wildman–Crippen LogP) is 7.09. The summed E-state index contributed by atoms with van der Waals surface area (Å²) < 4.78 is 0. The molecule has 1 atom stereocenters. The zero-order valence-electron chi connectivity index (χ0n) is 21.0. The minimum atomic E-state index is -0.649. The molecular formula is C30H32Cl2N2O2S. The van der Waals surface area contributed by atoms with Crippen molar-refractivity contribution in [2.45, 2.75) is 62.6 Å². The smallest absolute Gasteiger partial charge is 0.243 e. The quantitative estimate of drug-likeness (QED) is 0.272. The van der Waals surface area contributed by atoms with Gasteiger partial charge in [0.1, 0.15) is 6.04 Å². The van der Waals surface area contributed by atoms with Crippen LogP contribution in [0.15, 0.2) is 77.7 Å². The fraction of sp³-hybridized carbons (Fsp3) is 0.333. The Morgan fingerprint density at radius 2 is 1.65 bits per heavy atom. The normalized spacial score (nSPS) is 14.4. The van der Waals surface area contributed by atoms with E-state index in [1.165, 1.54) is 17.3 Å². The molecule has 1 fully saturated rings. The van der Waals surface area contributed by atoms with Crippen LogP contribution in [0.5, 0.6) is 0 Å². The first-order valence-corrected chi connectivity index (χ1v) is 14.4. The maximum atomic E-state index is 13.8. The molecular weight excluding hydrogens is 523 g/mol. The Balaban J connectivity index is 1.62. The first-order chi connectivity index (χ1) is 17.9. The monoisotopic (exact) mass is 554 g/mol. The van der Waals surface area contributed by atoms with E-state index >= 15 is 0 Å². The highest BCUT2D eigenvalue weighted by Crippen LogP contribution is 2.26. The Kier molecular flexibility index (Phi) is 9.95. The second-order valence-corrected chi connectivity index (χ2v) is 11.4. The van der Waals surface area contributed by atoms with Gasteiger partial charge in [-0.1, -0.05) is 90.1 Å². The molecule has 0 heterocycles. The van der Waals surface area contributed by atoms with Crippen molar-refractivity contribution in [2.75, 3.05) is 5.75 Å². The second kappa shape index (κ2) is 13.4. The number of nitrogens with zero attached hydrogens (tertiary/aromatic N) is 1. The van der Waals surface area contributed by atoms with Crippen molar-refractivity contribution in [1.29, 1.82) is 0 Å². The van der Waals surface area contributed by atoms with Gasteiger partial charge >= 0.3 is 0 Å². The summed E-state index contributed by atoms with van der Waals surface area (Å²) in [5.41, 5.74) is 3.01. The van der Waals surface area contributed by atoms with Gasteiger partial charge in [-0.2, -0.15) is 0 Å². The summed E-state index contributed by atoms with van der Waals surface area (Å²) >= 11 is 13.9. The van der Waals surface area contributed by atoms with Crippen molar-refractivity contribution in [2.24, 2.45) is 0 Å². The molecule has 2 amide bonds. The Morgan fingerprint density at radius 1 is 0.946 bits per heavy atom. The van der Waals surface area contributed by atoms with Crippen LogP contribution in [0.3, 0.4) is 0 Å². The molecule has 1 N–H and O–H groups in total. The van der Waals surface area contributed by atoms with Crippen molar-refractivity contribution < 1.29 is 9.59 Å². The zero-order valence-corrected chi connectivity index (χ0v) is 23.3. The van der Waals surface area contributed by atoms with Crippen molar-refractivity contribution in [3.8, 4) is 0 Å². The van der Waals surface area contributed by atoms with Crippen LogP contribution in [-0.2, 0) is 22.6 Å². The first kappa shape index (κ1) is 27.6. The Bertz CT molecular complexity index is 1200. The number of benzene rings is 3. The molecule has 1 aliphatic carbocycles. The van der Waals surface area contributed by atoms with E-state index in [0.29, 0.717) is 16.5 Å². The molecule has 0 radical (unpaired) electrons. The lowest BCUT2D eigenvalue weighted by atomic mass is 10.0. The largest absolute Gasteiger partial charge is 0.352 e. The zero-order chi connectivity index (χ0) is 26.2. The highest BCUT2D eigenvalue weighted by atomic mass is 35.5. The molecule has 0 unspecified atom stereocenters. The van der Waals surface area contributed by atoms with Crippen molar-refractivity contribution in [3.63, 3.8) is 0 Å². The van der Waals surface area contributed by atoms with Crippen LogP contribution in [0.2, 0.25) is 10.0 Å². The van der Waals surface area contributed by atoms with Gasteiger partial charge in [0, 0.05) is 23.9 Å². The van der Waals surface area contributed by atoms with E-state index in [1.54, 1.807) is 17.0 Å². The molecule has 0 saturated heterocycles. The molecule has 0 bridgehead atoms. The molecule has 0 aliphatic heterocycles. The molecule has 3 aromatic carbocycles. The Morgan fingerprint density at radius 3 is 2.32 bits per heavy atom. The van der Waals surface area contributed by atoms with Crippen LogP contribution >= 0.6 is 35.0 Å². The lowest BCUT2D eigenvalue weighted by molar-refractivity contribution is -0.139. The van der Waals surface area contributed by atoms with Gasteiger partial charge in [0.05, 0.1) is 15.8 Å². The van der Waals surface area contributed by atoms with Crippen molar-refractivity contribution in [1.82, 2.24) is 10.2 Å². The summed E-state index contributed by atoms with van der Waals surface area (Å²) in [6.45, 7) is 2.30. The summed E-state index contributed by atoms with van der Waals surface area (Å²) in [4.78, 5) is 30.2. The second-order valence-electron chi connectivity index (χ2n) is 9.57. The number of halogens is 2. The van der Waals surface area contributed by atoms with E-state index in [1.807, 2.05) is 67.6 Å². The molecule has 194 valence electrons. The first-order valence-electron chi connectivity index (χ1n) is 12.7. The number of rotatable bonds is 10. The van der Waals surface area contributed by atoms with Gasteiger partial charge in [-0.05, 0) is 55.2 Å². The van der Waals surface area contributed by atoms with Crippen LogP contribution in [0.4, 0.5) is 0 Å². The number of carbonyl (C=O) groups excluding carboxylic acids is 2. The Hall–Kier alpha value is -2.47. The van der Waals surface area contributed by atoms with E-state index in [4.69, 9.17) is 23.2 Å². The third-order valence-corrected chi connectivity index (χ3v) is 8.43. The highest BCUT2D eigenvalue weighted by molar-refractivity contribution is 8.00. The number of nitrogens with one attached hydrogen (secondary N) is 1. The third-order valence-electron chi connectivity index (χ3n) is 6.69. The van der Waals surface area contributed by atoms with Crippen LogP contribution in [0, 0.1) is 6.92 Å². The molecule has 4 rings (SSSR count). The van der Waals surface area contributed by atoms with Crippen molar-refractivity contribution >= 4 is 46.8 Å². The van der Waals surface area contributed by atoms with E-state index in [2.05, 4.69) is 5.32 Å². The number of hydrogen-bond donors (Lipinski definition) is 1. The highest BCUT2D eigenvalue weighted by Gasteiger charge is 2.32. The van der Waals surface area contributed by atoms with Gasteiger partial charge in [0.15, 0.2) is 0 Å². The lowest BCUT2D eigenvalue weighted by Crippen LogP contribution is -2.52. The molecule has 0 aromatic heterocycles. The van der Waals surface area contributed by atoms with Gasteiger partial charge in [0.25, 0.3) is 0 Å². The van der Waals surface area contributed by atoms with E-state index in [-0.39, 0.29) is 30.2 Å². The minimum absolute atomic E-state index is 0.0980. The number of amides is 2. The van der Waals surface area contributed by atoms with E-state index < -0.39 is 6.04 Å².